The van der Waals surface area contributed by atoms with Gasteiger partial charge in [0, 0.05) is 6.04 Å². The third-order valence-corrected chi connectivity index (χ3v) is 3.03. The Morgan fingerprint density at radius 3 is 2.86 bits per heavy atom. The van der Waals surface area contributed by atoms with Crippen LogP contribution in [0.2, 0.25) is 0 Å². The van der Waals surface area contributed by atoms with Crippen molar-refractivity contribution in [3.63, 3.8) is 0 Å². The van der Waals surface area contributed by atoms with Crippen LogP contribution in [0.25, 0.3) is 0 Å². The van der Waals surface area contributed by atoms with Gasteiger partial charge in [0.1, 0.15) is 5.82 Å². The number of hydrogen-bond acceptors (Lipinski definition) is 1. The number of hydrogen-bond donors (Lipinski definition) is 1. The largest absolute Gasteiger partial charge is 0.328 e. The monoisotopic (exact) mass is 193 g/mol. The van der Waals surface area contributed by atoms with Crippen LogP contribution >= 0.6 is 0 Å². The van der Waals surface area contributed by atoms with Crippen molar-refractivity contribution in [2.45, 2.75) is 37.6 Å². The van der Waals surface area contributed by atoms with Crippen LogP contribution in [-0.2, 0) is 0 Å². The van der Waals surface area contributed by atoms with E-state index in [4.69, 9.17) is 5.73 Å². The first-order valence-corrected chi connectivity index (χ1v) is 5.27. The van der Waals surface area contributed by atoms with E-state index in [2.05, 4.69) is 0 Å². The van der Waals surface area contributed by atoms with Crippen molar-refractivity contribution in [1.82, 2.24) is 0 Å². The Bertz CT molecular complexity index is 311. The van der Waals surface area contributed by atoms with Crippen LogP contribution in [0.1, 0.15) is 37.2 Å². The van der Waals surface area contributed by atoms with Gasteiger partial charge in [0.2, 0.25) is 0 Å². The van der Waals surface area contributed by atoms with Crippen molar-refractivity contribution in [3.8, 4) is 0 Å². The van der Waals surface area contributed by atoms with Crippen molar-refractivity contribution >= 4 is 0 Å². The van der Waals surface area contributed by atoms with Gasteiger partial charge in [-0.05, 0) is 42.9 Å². The molecule has 76 valence electrons. The molecular formula is C12H16FN. The number of benzene rings is 1. The number of nitrogens with two attached hydrogens (primary N) is 1. The summed E-state index contributed by atoms with van der Waals surface area (Å²) in [4.78, 5) is 0. The standard InChI is InChI=1S/C12H16FN/c13-11-5-1-3-9(7-11)10-4-2-6-12(14)8-10/h1,3,5,7,10,12H,2,4,6,8,14H2. The summed E-state index contributed by atoms with van der Waals surface area (Å²) in [5.41, 5.74) is 7.02. The maximum absolute atomic E-state index is 13.0. The Morgan fingerprint density at radius 2 is 2.14 bits per heavy atom. The van der Waals surface area contributed by atoms with Gasteiger partial charge in [-0.15, -0.1) is 0 Å². The van der Waals surface area contributed by atoms with Crippen LogP contribution in [0.4, 0.5) is 4.39 Å². The van der Waals surface area contributed by atoms with E-state index in [-0.39, 0.29) is 5.82 Å². The van der Waals surface area contributed by atoms with Crippen molar-refractivity contribution in [2.24, 2.45) is 5.73 Å². The molecule has 1 aromatic rings. The van der Waals surface area contributed by atoms with E-state index < -0.39 is 0 Å². The van der Waals surface area contributed by atoms with E-state index in [9.17, 15) is 4.39 Å². The normalized spacial score (nSPS) is 27.6. The maximum Gasteiger partial charge on any atom is 0.123 e. The fraction of sp³-hybridized carbons (Fsp3) is 0.500. The van der Waals surface area contributed by atoms with E-state index >= 15 is 0 Å². The highest BCUT2D eigenvalue weighted by molar-refractivity contribution is 5.21. The fourth-order valence-electron chi connectivity index (χ4n) is 2.29. The first-order chi connectivity index (χ1) is 6.75. The fourth-order valence-corrected chi connectivity index (χ4v) is 2.29. The highest BCUT2D eigenvalue weighted by Gasteiger charge is 2.20. The Labute approximate surface area is 84.1 Å². The van der Waals surface area contributed by atoms with Gasteiger partial charge in [0.05, 0.1) is 0 Å². The average Bonchev–Trinajstić information content (AvgIpc) is 2.18. The lowest BCUT2D eigenvalue weighted by atomic mass is 9.82. The van der Waals surface area contributed by atoms with E-state index in [1.165, 1.54) is 12.5 Å². The van der Waals surface area contributed by atoms with Crippen molar-refractivity contribution in [3.05, 3.63) is 35.6 Å². The molecule has 1 aromatic carbocycles. The summed E-state index contributed by atoms with van der Waals surface area (Å²) in [6.45, 7) is 0. The second-order valence-electron chi connectivity index (χ2n) is 4.18. The topological polar surface area (TPSA) is 26.0 Å². The minimum atomic E-state index is -0.137. The van der Waals surface area contributed by atoms with Gasteiger partial charge in [-0.2, -0.15) is 0 Å². The molecule has 1 saturated carbocycles. The zero-order valence-electron chi connectivity index (χ0n) is 8.25. The Morgan fingerprint density at radius 1 is 1.29 bits per heavy atom. The summed E-state index contributed by atoms with van der Waals surface area (Å²) in [5.74, 6) is 0.330. The van der Waals surface area contributed by atoms with Gasteiger partial charge in [-0.25, -0.2) is 4.39 Å². The molecule has 0 aromatic heterocycles. The third kappa shape index (κ3) is 2.13. The molecule has 1 aliphatic carbocycles. The van der Waals surface area contributed by atoms with E-state index in [0.717, 1.165) is 24.8 Å². The molecule has 0 saturated heterocycles. The van der Waals surface area contributed by atoms with Crippen LogP contribution in [0.5, 0.6) is 0 Å². The van der Waals surface area contributed by atoms with Crippen molar-refractivity contribution in [1.29, 1.82) is 0 Å². The molecule has 0 aliphatic heterocycles. The van der Waals surface area contributed by atoms with Crippen molar-refractivity contribution in [2.75, 3.05) is 0 Å². The van der Waals surface area contributed by atoms with Gasteiger partial charge in [-0.1, -0.05) is 18.6 Å². The van der Waals surface area contributed by atoms with E-state index in [1.54, 1.807) is 12.1 Å². The Hall–Kier alpha value is -0.890. The minimum Gasteiger partial charge on any atom is -0.328 e. The lowest BCUT2D eigenvalue weighted by molar-refractivity contribution is 0.392. The number of rotatable bonds is 1. The van der Waals surface area contributed by atoms with Gasteiger partial charge in [0.15, 0.2) is 0 Å². The van der Waals surface area contributed by atoms with Crippen molar-refractivity contribution < 1.29 is 4.39 Å². The third-order valence-electron chi connectivity index (χ3n) is 3.03. The molecule has 1 nitrogen and oxygen atoms in total. The smallest absolute Gasteiger partial charge is 0.123 e. The molecule has 0 spiro atoms. The van der Waals surface area contributed by atoms with Gasteiger partial charge in [0.25, 0.3) is 0 Å². The molecule has 2 unspecified atom stereocenters. The first-order valence-electron chi connectivity index (χ1n) is 5.27. The van der Waals surface area contributed by atoms with E-state index in [0.29, 0.717) is 12.0 Å². The molecule has 1 fully saturated rings. The minimum absolute atomic E-state index is 0.137. The van der Waals surface area contributed by atoms with Crippen LogP contribution in [0.3, 0.4) is 0 Å². The maximum atomic E-state index is 13.0. The lowest BCUT2D eigenvalue weighted by Gasteiger charge is -2.26. The summed E-state index contributed by atoms with van der Waals surface area (Å²) < 4.78 is 13.0. The van der Waals surface area contributed by atoms with Crippen LogP contribution < -0.4 is 5.73 Å². The summed E-state index contributed by atoms with van der Waals surface area (Å²) in [7, 11) is 0. The predicted molar refractivity (Wildman–Crippen MR) is 55.6 cm³/mol. The number of halogens is 1. The molecule has 0 heterocycles. The molecule has 2 rings (SSSR count). The Balaban J connectivity index is 2.14. The van der Waals surface area contributed by atoms with Gasteiger partial charge < -0.3 is 5.73 Å². The van der Waals surface area contributed by atoms with Crippen LogP contribution in [-0.4, -0.2) is 6.04 Å². The molecule has 1 aliphatic rings. The quantitative estimate of drug-likeness (QED) is 0.729. The highest BCUT2D eigenvalue weighted by Crippen LogP contribution is 2.32. The zero-order valence-corrected chi connectivity index (χ0v) is 8.25. The second kappa shape index (κ2) is 4.09. The molecule has 14 heavy (non-hydrogen) atoms. The SMILES string of the molecule is NC1CCCC(c2cccc(F)c2)C1. The molecule has 2 N–H and O–H groups in total. The lowest BCUT2D eigenvalue weighted by Crippen LogP contribution is -2.26. The van der Waals surface area contributed by atoms with Crippen LogP contribution in [0, 0.1) is 5.82 Å². The first kappa shape index (κ1) is 9.66. The molecule has 2 atom stereocenters. The summed E-state index contributed by atoms with van der Waals surface area (Å²) in [6, 6.07) is 7.22. The van der Waals surface area contributed by atoms with Gasteiger partial charge in [-0.3, -0.25) is 0 Å². The molecule has 0 amide bonds. The summed E-state index contributed by atoms with van der Waals surface area (Å²) >= 11 is 0. The molecule has 2 heteroatoms. The Kier molecular flexibility index (Phi) is 2.82. The summed E-state index contributed by atoms with van der Waals surface area (Å²) in [6.07, 6.45) is 4.44. The zero-order chi connectivity index (χ0) is 9.97. The van der Waals surface area contributed by atoms with E-state index in [1.807, 2.05) is 6.07 Å². The molecule has 0 bridgehead atoms. The average molecular weight is 193 g/mol. The molecular weight excluding hydrogens is 177 g/mol. The van der Waals surface area contributed by atoms with Crippen LogP contribution in [0.15, 0.2) is 24.3 Å². The van der Waals surface area contributed by atoms with Gasteiger partial charge >= 0.3 is 0 Å². The summed E-state index contributed by atoms with van der Waals surface area (Å²) in [5, 5.41) is 0. The predicted octanol–water partition coefficient (Wildman–Crippen LogP) is 2.81. The second-order valence-corrected chi connectivity index (χ2v) is 4.18. The molecule has 0 radical (unpaired) electrons. The highest BCUT2D eigenvalue weighted by atomic mass is 19.1.